The maximum absolute atomic E-state index is 13.4. The fourth-order valence-electron chi connectivity index (χ4n) is 5.22. The quantitative estimate of drug-likeness (QED) is 0.199. The van der Waals surface area contributed by atoms with E-state index in [1.807, 2.05) is 78.9 Å². The van der Waals surface area contributed by atoms with Crippen LogP contribution in [-0.4, -0.2) is 123 Å². The van der Waals surface area contributed by atoms with Gasteiger partial charge in [-0.05, 0) is 16.7 Å². The Morgan fingerprint density at radius 1 is 0.444 bits per heavy atom. The predicted octanol–water partition coefficient (Wildman–Crippen LogP) is 1.85. The lowest BCUT2D eigenvalue weighted by Crippen LogP contribution is -2.52. The lowest BCUT2D eigenvalue weighted by atomic mass is 10.2. The van der Waals surface area contributed by atoms with Crippen molar-refractivity contribution in [2.24, 2.45) is 0 Å². The van der Waals surface area contributed by atoms with Crippen LogP contribution >= 0.6 is 0 Å². The SMILES string of the molecule is O=C(NCC(=O)N1CCNCCN(C(=O)CNC(=O)OCc2ccccc2)CCN(C(=O)CNC(=O)OCc2ccccc2)CC1)OCc1ccccc1. The molecule has 1 fully saturated rings. The summed E-state index contributed by atoms with van der Waals surface area (Å²) < 4.78 is 15.7. The summed E-state index contributed by atoms with van der Waals surface area (Å²) in [4.78, 5) is 81.3. The van der Waals surface area contributed by atoms with Crippen LogP contribution in [0.15, 0.2) is 91.0 Å². The number of hydrogen-bond donors (Lipinski definition) is 4. The summed E-state index contributed by atoms with van der Waals surface area (Å²) in [6.07, 6.45) is -2.27. The van der Waals surface area contributed by atoms with E-state index in [0.29, 0.717) is 13.1 Å². The molecule has 1 saturated heterocycles. The highest BCUT2D eigenvalue weighted by atomic mass is 16.6. The van der Waals surface area contributed by atoms with Crippen LogP contribution in [0, 0.1) is 0 Å². The summed E-state index contributed by atoms with van der Waals surface area (Å²) >= 11 is 0. The van der Waals surface area contributed by atoms with E-state index in [4.69, 9.17) is 14.2 Å². The Labute approximate surface area is 314 Å². The minimum absolute atomic E-state index is 0.0222. The molecular formula is C38H47N7O9. The van der Waals surface area contributed by atoms with E-state index >= 15 is 0 Å². The van der Waals surface area contributed by atoms with Crippen molar-refractivity contribution in [2.75, 3.05) is 72.0 Å². The van der Waals surface area contributed by atoms with Crippen LogP contribution in [0.2, 0.25) is 0 Å². The number of rotatable bonds is 12. The number of benzene rings is 3. The van der Waals surface area contributed by atoms with Gasteiger partial charge in [-0.15, -0.1) is 0 Å². The molecule has 0 aliphatic carbocycles. The van der Waals surface area contributed by atoms with Gasteiger partial charge in [0.15, 0.2) is 0 Å². The van der Waals surface area contributed by atoms with Crippen molar-refractivity contribution in [1.29, 1.82) is 0 Å². The molecule has 0 aromatic heterocycles. The molecule has 3 aromatic rings. The van der Waals surface area contributed by atoms with Gasteiger partial charge in [-0.3, -0.25) is 14.4 Å². The van der Waals surface area contributed by atoms with E-state index in [2.05, 4.69) is 21.3 Å². The van der Waals surface area contributed by atoms with Gasteiger partial charge in [0.05, 0.1) is 0 Å². The molecule has 3 aromatic carbocycles. The average Bonchev–Trinajstić information content (AvgIpc) is 3.20. The van der Waals surface area contributed by atoms with Gasteiger partial charge in [-0.2, -0.15) is 0 Å². The average molecular weight is 746 g/mol. The van der Waals surface area contributed by atoms with Gasteiger partial charge in [-0.1, -0.05) is 91.0 Å². The molecule has 6 amide bonds. The van der Waals surface area contributed by atoms with Crippen molar-refractivity contribution in [1.82, 2.24) is 36.0 Å². The van der Waals surface area contributed by atoms with Crippen molar-refractivity contribution in [3.8, 4) is 0 Å². The number of hydrogen-bond acceptors (Lipinski definition) is 10. The number of nitrogens with zero attached hydrogens (tertiary/aromatic N) is 3. The van der Waals surface area contributed by atoms with E-state index in [-0.39, 0.29) is 90.5 Å². The van der Waals surface area contributed by atoms with Gasteiger partial charge in [-0.25, -0.2) is 14.4 Å². The number of nitrogens with one attached hydrogen (secondary N) is 4. The molecule has 0 radical (unpaired) electrons. The highest BCUT2D eigenvalue weighted by molar-refractivity contribution is 5.84. The van der Waals surface area contributed by atoms with E-state index in [1.54, 1.807) is 12.1 Å². The first-order chi connectivity index (χ1) is 26.3. The Balaban J connectivity index is 1.32. The Morgan fingerprint density at radius 3 is 1.02 bits per heavy atom. The van der Waals surface area contributed by atoms with Crippen LogP contribution < -0.4 is 21.3 Å². The Hall–Kier alpha value is -6.16. The molecule has 16 heteroatoms. The second kappa shape index (κ2) is 22.7. The highest BCUT2D eigenvalue weighted by Crippen LogP contribution is 2.04. The molecule has 1 heterocycles. The summed E-state index contributed by atoms with van der Waals surface area (Å²) in [5.74, 6) is -1.24. The van der Waals surface area contributed by atoms with Crippen LogP contribution in [-0.2, 0) is 48.4 Å². The Morgan fingerprint density at radius 2 is 0.722 bits per heavy atom. The maximum Gasteiger partial charge on any atom is 0.407 e. The molecule has 0 unspecified atom stereocenters. The molecule has 4 N–H and O–H groups in total. The smallest absolute Gasteiger partial charge is 0.407 e. The van der Waals surface area contributed by atoms with E-state index in [0.717, 1.165) is 16.7 Å². The van der Waals surface area contributed by atoms with Gasteiger partial charge in [0.25, 0.3) is 0 Å². The zero-order valence-electron chi connectivity index (χ0n) is 30.1. The summed E-state index contributed by atoms with van der Waals surface area (Å²) in [7, 11) is 0. The number of alkyl carbamates (subject to hydrolysis) is 3. The first-order valence-electron chi connectivity index (χ1n) is 17.6. The van der Waals surface area contributed by atoms with Crippen LogP contribution in [0.1, 0.15) is 16.7 Å². The zero-order valence-corrected chi connectivity index (χ0v) is 30.1. The predicted molar refractivity (Wildman–Crippen MR) is 196 cm³/mol. The minimum Gasteiger partial charge on any atom is -0.445 e. The van der Waals surface area contributed by atoms with E-state index in [1.165, 1.54) is 14.7 Å². The second-order valence-corrected chi connectivity index (χ2v) is 12.1. The van der Waals surface area contributed by atoms with Gasteiger partial charge < -0.3 is 50.2 Å². The molecule has 1 aliphatic heterocycles. The van der Waals surface area contributed by atoms with Crippen molar-refractivity contribution in [2.45, 2.75) is 19.8 Å². The Bertz CT molecular complexity index is 1560. The molecule has 0 spiro atoms. The molecule has 0 atom stereocenters. The first kappa shape index (κ1) is 40.6. The summed E-state index contributed by atoms with van der Waals surface area (Å²) in [6.45, 7) is 0.643. The molecule has 54 heavy (non-hydrogen) atoms. The number of amides is 6. The van der Waals surface area contributed by atoms with Crippen molar-refractivity contribution in [3.05, 3.63) is 108 Å². The molecule has 16 nitrogen and oxygen atoms in total. The molecule has 0 bridgehead atoms. The first-order valence-corrected chi connectivity index (χ1v) is 17.6. The molecule has 1 aliphatic rings. The van der Waals surface area contributed by atoms with Crippen LogP contribution in [0.3, 0.4) is 0 Å². The monoisotopic (exact) mass is 745 g/mol. The largest absolute Gasteiger partial charge is 0.445 e. The molecule has 4 rings (SSSR count). The van der Waals surface area contributed by atoms with Crippen molar-refractivity contribution in [3.63, 3.8) is 0 Å². The zero-order chi connectivity index (χ0) is 38.4. The number of carbonyl (C=O) groups excluding carboxylic acids is 6. The highest BCUT2D eigenvalue weighted by Gasteiger charge is 2.23. The van der Waals surface area contributed by atoms with Gasteiger partial charge in [0.2, 0.25) is 17.7 Å². The number of carbonyl (C=O) groups is 6. The third-order valence-corrected chi connectivity index (χ3v) is 8.24. The third-order valence-electron chi connectivity index (χ3n) is 8.24. The maximum atomic E-state index is 13.4. The van der Waals surface area contributed by atoms with Crippen LogP contribution in [0.25, 0.3) is 0 Å². The van der Waals surface area contributed by atoms with Crippen LogP contribution in [0.4, 0.5) is 14.4 Å². The van der Waals surface area contributed by atoms with Gasteiger partial charge in [0.1, 0.15) is 39.5 Å². The molecular weight excluding hydrogens is 698 g/mol. The lowest BCUT2D eigenvalue weighted by Gasteiger charge is -2.32. The summed E-state index contributed by atoms with van der Waals surface area (Å²) in [5.41, 5.74) is 2.38. The minimum atomic E-state index is -0.781. The second-order valence-electron chi connectivity index (χ2n) is 12.1. The van der Waals surface area contributed by atoms with E-state index in [9.17, 15) is 28.8 Å². The molecule has 288 valence electrons. The van der Waals surface area contributed by atoms with Crippen molar-refractivity contribution >= 4 is 36.0 Å². The third kappa shape index (κ3) is 15.2. The van der Waals surface area contributed by atoms with Crippen LogP contribution in [0.5, 0.6) is 0 Å². The van der Waals surface area contributed by atoms with Gasteiger partial charge in [0, 0.05) is 52.4 Å². The summed E-state index contributed by atoms with van der Waals surface area (Å²) in [6, 6.07) is 27.3. The fourth-order valence-corrected chi connectivity index (χ4v) is 5.22. The van der Waals surface area contributed by atoms with E-state index < -0.39 is 24.2 Å². The topological polar surface area (TPSA) is 188 Å². The number of ether oxygens (including phenoxy) is 3. The van der Waals surface area contributed by atoms with Gasteiger partial charge >= 0.3 is 18.3 Å². The standard InChI is InChI=1S/C38H47N7O9/c46-33(24-40-36(49)52-27-30-10-4-1-5-11-30)43-18-16-39-17-19-44(34(47)25-41-37(50)53-28-31-12-6-2-7-13-31)21-23-45(22-20-43)35(48)26-42-38(51)54-29-32-14-8-3-9-15-32/h1-15,39H,16-29H2,(H,40,49)(H,41,50)(H,42,51). The summed E-state index contributed by atoms with van der Waals surface area (Å²) in [5, 5.41) is 10.7. The van der Waals surface area contributed by atoms with Crippen molar-refractivity contribution < 1.29 is 43.0 Å². The fraction of sp³-hybridized carbons (Fsp3) is 0.368. The Kier molecular flexibility index (Phi) is 17.1. The molecule has 0 saturated carbocycles. The lowest BCUT2D eigenvalue weighted by molar-refractivity contribution is -0.135. The normalized spacial score (nSPS) is 13.7.